The van der Waals surface area contributed by atoms with E-state index in [4.69, 9.17) is 5.10 Å². The summed E-state index contributed by atoms with van der Waals surface area (Å²) in [4.78, 5) is 36.5. The van der Waals surface area contributed by atoms with Gasteiger partial charge in [-0.3, -0.25) is 15.1 Å². The summed E-state index contributed by atoms with van der Waals surface area (Å²) in [6.07, 6.45) is 9.77. The second-order valence-corrected chi connectivity index (χ2v) is 12.9. The Kier molecular flexibility index (Phi) is 7.73. The largest absolute Gasteiger partial charge is 0.331 e. The summed E-state index contributed by atoms with van der Waals surface area (Å²) < 4.78 is 1.78. The molecule has 9 heteroatoms. The number of hydrogen-bond acceptors (Lipinski definition) is 5. The number of nitrogens with zero attached hydrogens (tertiary/aromatic N) is 5. The molecule has 9 nitrogen and oxygen atoms in total. The van der Waals surface area contributed by atoms with Crippen LogP contribution in [0, 0.1) is 12.8 Å². The van der Waals surface area contributed by atoms with Gasteiger partial charge in [-0.15, -0.1) is 0 Å². The van der Waals surface area contributed by atoms with Crippen molar-refractivity contribution in [2.24, 2.45) is 5.92 Å². The van der Waals surface area contributed by atoms with Crippen molar-refractivity contribution in [2.45, 2.75) is 77.3 Å². The van der Waals surface area contributed by atoms with Crippen LogP contribution in [0.1, 0.15) is 73.8 Å². The lowest BCUT2D eigenvalue weighted by Crippen LogP contribution is -2.47. The normalized spacial score (nSPS) is 19.7. The third-order valence-corrected chi connectivity index (χ3v) is 8.58. The average molecular weight is 578 g/mol. The highest BCUT2D eigenvalue weighted by Gasteiger charge is 2.43. The van der Waals surface area contributed by atoms with E-state index in [1.807, 2.05) is 49.4 Å². The van der Waals surface area contributed by atoms with Crippen LogP contribution in [0.3, 0.4) is 0 Å². The third-order valence-electron chi connectivity index (χ3n) is 8.58. The highest BCUT2D eigenvalue weighted by molar-refractivity contribution is 5.99. The Labute approximate surface area is 252 Å². The number of urea groups is 1. The number of carbonyl (C=O) groups is 2. The first-order chi connectivity index (χ1) is 20.6. The molecule has 0 radical (unpaired) electrons. The second-order valence-electron chi connectivity index (χ2n) is 12.9. The number of fused-ring (bicyclic) bond motifs is 2. The molecule has 3 amide bonds. The molecule has 2 aromatic carbocycles. The number of benzene rings is 2. The van der Waals surface area contributed by atoms with E-state index in [1.165, 1.54) is 5.56 Å². The molecule has 0 saturated carbocycles. The van der Waals surface area contributed by atoms with E-state index in [0.29, 0.717) is 17.4 Å². The molecule has 6 rings (SSSR count). The van der Waals surface area contributed by atoms with Crippen LogP contribution in [-0.2, 0) is 11.8 Å². The highest BCUT2D eigenvalue weighted by atomic mass is 16.2. The topological polar surface area (TPSA) is 105 Å². The second kappa shape index (κ2) is 11.6. The summed E-state index contributed by atoms with van der Waals surface area (Å²) >= 11 is 0. The maximum atomic E-state index is 13.1. The number of amides is 3. The quantitative estimate of drug-likeness (QED) is 0.271. The molecule has 0 spiro atoms. The molecule has 2 aliphatic heterocycles. The molecule has 0 aliphatic carbocycles. The summed E-state index contributed by atoms with van der Waals surface area (Å²) in [7, 11) is 0. The van der Waals surface area contributed by atoms with Crippen LogP contribution in [0.25, 0.3) is 5.69 Å². The van der Waals surface area contributed by atoms with Crippen LogP contribution < -0.4 is 10.6 Å². The molecule has 2 fully saturated rings. The Morgan fingerprint density at radius 3 is 2.26 bits per heavy atom. The number of aromatic nitrogens is 4. The Morgan fingerprint density at radius 1 is 0.930 bits per heavy atom. The molecule has 222 valence electrons. The fraction of sp³-hybridized carbons (Fsp3) is 0.382. The Bertz CT molecular complexity index is 1580. The lowest BCUT2D eigenvalue weighted by Gasteiger charge is -2.39. The van der Waals surface area contributed by atoms with E-state index < -0.39 is 0 Å². The van der Waals surface area contributed by atoms with Gasteiger partial charge in [0.15, 0.2) is 0 Å². The zero-order chi connectivity index (χ0) is 30.1. The van der Waals surface area contributed by atoms with Crippen molar-refractivity contribution in [3.63, 3.8) is 0 Å². The molecule has 2 unspecified atom stereocenters. The van der Waals surface area contributed by atoms with Gasteiger partial charge in [-0.1, -0.05) is 50.6 Å². The fourth-order valence-electron chi connectivity index (χ4n) is 6.39. The molecule has 2 bridgehead atoms. The first-order valence-corrected chi connectivity index (χ1v) is 15.1. The molecule has 43 heavy (non-hydrogen) atoms. The van der Waals surface area contributed by atoms with Gasteiger partial charge in [0, 0.05) is 41.6 Å². The number of nitrogens with one attached hydrogen (secondary N) is 2. The monoisotopic (exact) mass is 577 g/mol. The zero-order valence-corrected chi connectivity index (χ0v) is 25.2. The predicted molar refractivity (Wildman–Crippen MR) is 168 cm³/mol. The molecule has 2 atom stereocenters. The first-order valence-electron chi connectivity index (χ1n) is 15.1. The van der Waals surface area contributed by atoms with E-state index in [9.17, 15) is 9.59 Å². The van der Waals surface area contributed by atoms with Gasteiger partial charge < -0.3 is 10.2 Å². The highest BCUT2D eigenvalue weighted by Crippen LogP contribution is 2.40. The minimum Gasteiger partial charge on any atom is -0.331 e. The van der Waals surface area contributed by atoms with Gasteiger partial charge in [-0.25, -0.2) is 14.5 Å². The lowest BCUT2D eigenvalue weighted by molar-refractivity contribution is 0.0518. The van der Waals surface area contributed by atoms with Crippen molar-refractivity contribution in [3.8, 4) is 5.69 Å². The molecule has 4 heterocycles. The summed E-state index contributed by atoms with van der Waals surface area (Å²) in [5.74, 6) is 1.13. The maximum Gasteiger partial charge on any atom is 0.324 e. The average Bonchev–Trinajstić information content (AvgIpc) is 3.53. The van der Waals surface area contributed by atoms with Gasteiger partial charge in [0.1, 0.15) is 11.5 Å². The SMILES string of the molecule is Cc1ccc(-n2nc(C(C)(C)C)cc2NC(=O)Nc2ccc(CC3CC4CCC(C3)N4C(=O)c3cnccn3)cc2)cc1. The van der Waals surface area contributed by atoms with E-state index in [-0.39, 0.29) is 29.4 Å². The van der Waals surface area contributed by atoms with Crippen molar-refractivity contribution in [1.29, 1.82) is 0 Å². The van der Waals surface area contributed by atoms with Gasteiger partial charge in [-0.2, -0.15) is 5.10 Å². The van der Waals surface area contributed by atoms with Crippen molar-refractivity contribution in [1.82, 2.24) is 24.6 Å². The predicted octanol–water partition coefficient (Wildman–Crippen LogP) is 6.54. The van der Waals surface area contributed by atoms with Gasteiger partial charge in [0.05, 0.1) is 17.6 Å². The molecule has 4 aromatic rings. The third kappa shape index (κ3) is 6.30. The first kappa shape index (κ1) is 28.6. The van der Waals surface area contributed by atoms with E-state index in [1.54, 1.807) is 23.3 Å². The minimum atomic E-state index is -0.321. The Hall–Kier alpha value is -4.53. The minimum absolute atomic E-state index is 0.00398. The summed E-state index contributed by atoms with van der Waals surface area (Å²) in [5.41, 5.74) is 5.16. The molecule has 2 N–H and O–H groups in total. The molecule has 2 aromatic heterocycles. The van der Waals surface area contributed by atoms with Crippen LogP contribution in [0.2, 0.25) is 0 Å². The Balaban J connectivity index is 1.07. The molecule has 2 saturated heterocycles. The summed E-state index contributed by atoms with van der Waals surface area (Å²) in [6, 6.07) is 18.3. The molecule has 2 aliphatic rings. The number of carbonyl (C=O) groups excluding carboxylic acids is 2. The van der Waals surface area contributed by atoms with E-state index >= 15 is 0 Å². The molecular weight excluding hydrogens is 538 g/mol. The van der Waals surface area contributed by atoms with Crippen molar-refractivity contribution < 1.29 is 9.59 Å². The molecular formula is C34H39N7O2. The van der Waals surface area contributed by atoms with Gasteiger partial charge in [-0.05, 0) is 74.8 Å². The summed E-state index contributed by atoms with van der Waals surface area (Å²) in [5, 5.41) is 10.8. The number of rotatable bonds is 6. The van der Waals surface area contributed by atoms with Crippen molar-refractivity contribution >= 4 is 23.4 Å². The standard InChI is InChI=1S/C34H39N7O2/c1-22-5-11-26(12-6-22)41-31(20-30(39-41)34(2,3)4)38-33(43)37-25-9-7-23(8-10-25)17-24-18-27-13-14-28(19-24)40(27)32(42)29-21-35-15-16-36-29/h5-12,15-16,20-21,24,27-28H,13-14,17-19H2,1-4H3,(H2,37,38,43). The van der Waals surface area contributed by atoms with Crippen molar-refractivity contribution in [3.05, 3.63) is 95.7 Å². The van der Waals surface area contributed by atoms with E-state index in [0.717, 1.165) is 54.7 Å². The Morgan fingerprint density at radius 2 is 1.63 bits per heavy atom. The van der Waals surface area contributed by atoms with Crippen molar-refractivity contribution in [2.75, 3.05) is 10.6 Å². The van der Waals surface area contributed by atoms with Crippen LogP contribution >= 0.6 is 0 Å². The van der Waals surface area contributed by atoms with Crippen LogP contribution in [0.15, 0.2) is 73.2 Å². The van der Waals surface area contributed by atoms with Crippen LogP contribution in [-0.4, -0.2) is 48.7 Å². The number of anilines is 2. The van der Waals surface area contributed by atoms with Gasteiger partial charge >= 0.3 is 6.03 Å². The zero-order valence-electron chi connectivity index (χ0n) is 25.2. The number of aryl methyl sites for hydroxylation is 1. The maximum absolute atomic E-state index is 13.1. The number of piperidine rings is 1. The number of hydrogen-bond donors (Lipinski definition) is 2. The van der Waals surface area contributed by atoms with E-state index in [2.05, 4.69) is 58.4 Å². The van der Waals surface area contributed by atoms with Gasteiger partial charge in [0.2, 0.25) is 0 Å². The van der Waals surface area contributed by atoms with Gasteiger partial charge in [0.25, 0.3) is 5.91 Å². The summed E-state index contributed by atoms with van der Waals surface area (Å²) in [6.45, 7) is 8.36. The van der Waals surface area contributed by atoms with Crippen LogP contribution in [0.5, 0.6) is 0 Å². The fourth-order valence-corrected chi connectivity index (χ4v) is 6.39. The van der Waals surface area contributed by atoms with Crippen LogP contribution in [0.4, 0.5) is 16.3 Å². The smallest absolute Gasteiger partial charge is 0.324 e. The lowest BCUT2D eigenvalue weighted by atomic mass is 9.85.